The van der Waals surface area contributed by atoms with Crippen LogP contribution in [0.15, 0.2) is 27.6 Å². The predicted molar refractivity (Wildman–Crippen MR) is 65.4 cm³/mol. The van der Waals surface area contributed by atoms with Gasteiger partial charge in [0.25, 0.3) is 10.0 Å². The molecular formula is C10H12N4O3S. The van der Waals surface area contributed by atoms with Gasteiger partial charge in [-0.15, -0.1) is 0 Å². The van der Waals surface area contributed by atoms with Crippen LogP contribution in [0.3, 0.4) is 0 Å². The number of hydrogen-bond donors (Lipinski definition) is 2. The lowest BCUT2D eigenvalue weighted by molar-refractivity contribution is 0.429. The molecule has 0 saturated heterocycles. The van der Waals surface area contributed by atoms with Crippen molar-refractivity contribution in [3.05, 3.63) is 29.6 Å². The molecule has 0 spiro atoms. The van der Waals surface area contributed by atoms with E-state index in [1.54, 1.807) is 19.9 Å². The molecule has 96 valence electrons. The molecule has 3 N–H and O–H groups in total. The van der Waals surface area contributed by atoms with Gasteiger partial charge in [0.05, 0.1) is 4.90 Å². The number of hydrogen-bond acceptors (Lipinski definition) is 6. The molecule has 8 heteroatoms. The van der Waals surface area contributed by atoms with E-state index >= 15 is 0 Å². The van der Waals surface area contributed by atoms with E-state index in [-0.39, 0.29) is 10.9 Å². The second kappa shape index (κ2) is 4.30. The van der Waals surface area contributed by atoms with Crippen molar-refractivity contribution in [1.29, 1.82) is 0 Å². The zero-order valence-electron chi connectivity index (χ0n) is 9.84. The normalized spacial score (nSPS) is 11.4. The lowest BCUT2D eigenvalue weighted by atomic mass is 10.2. The maximum Gasteiger partial charge on any atom is 0.335 e. The Balaban J connectivity index is 2.36. The third-order valence-corrected chi connectivity index (χ3v) is 3.72. The maximum atomic E-state index is 12.1. The summed E-state index contributed by atoms with van der Waals surface area (Å²) in [4.78, 5) is 3.89. The molecule has 0 fully saturated rings. The second-order valence-corrected chi connectivity index (χ2v) is 5.43. The third kappa shape index (κ3) is 2.43. The number of sulfonamides is 1. The van der Waals surface area contributed by atoms with Crippen LogP contribution >= 0.6 is 0 Å². The molecule has 1 heterocycles. The average molecular weight is 268 g/mol. The summed E-state index contributed by atoms with van der Waals surface area (Å²) in [6.07, 6.45) is 0. The summed E-state index contributed by atoms with van der Waals surface area (Å²) >= 11 is 0. The van der Waals surface area contributed by atoms with E-state index in [4.69, 9.17) is 10.3 Å². The van der Waals surface area contributed by atoms with Crippen LogP contribution in [0.5, 0.6) is 0 Å². The van der Waals surface area contributed by atoms with Gasteiger partial charge in [-0.2, -0.15) is 4.98 Å². The summed E-state index contributed by atoms with van der Waals surface area (Å²) in [5, 5.41) is 3.50. The fourth-order valence-electron chi connectivity index (χ4n) is 1.48. The zero-order valence-corrected chi connectivity index (χ0v) is 10.7. The molecule has 0 amide bonds. The van der Waals surface area contributed by atoms with Crippen molar-refractivity contribution in [2.24, 2.45) is 0 Å². The van der Waals surface area contributed by atoms with E-state index in [1.165, 1.54) is 12.1 Å². The molecule has 1 aromatic heterocycles. The number of aromatic nitrogens is 2. The molecule has 0 bridgehead atoms. The molecule has 18 heavy (non-hydrogen) atoms. The minimum Gasteiger partial charge on any atom is -0.399 e. The molecular weight excluding hydrogens is 256 g/mol. The largest absolute Gasteiger partial charge is 0.399 e. The van der Waals surface area contributed by atoms with E-state index < -0.39 is 10.0 Å². The lowest BCUT2D eigenvalue weighted by Gasteiger charge is -2.07. The van der Waals surface area contributed by atoms with Crippen LogP contribution in [0.1, 0.15) is 11.4 Å². The third-order valence-electron chi connectivity index (χ3n) is 2.24. The molecule has 2 aromatic rings. The summed E-state index contributed by atoms with van der Waals surface area (Å²) in [7, 11) is -3.75. The fourth-order valence-corrected chi connectivity index (χ4v) is 2.64. The van der Waals surface area contributed by atoms with Gasteiger partial charge in [-0.1, -0.05) is 5.16 Å². The van der Waals surface area contributed by atoms with Crippen molar-refractivity contribution < 1.29 is 12.9 Å². The predicted octanol–water partition coefficient (Wildman–Crippen LogP) is 1.07. The van der Waals surface area contributed by atoms with Gasteiger partial charge in [-0.05, 0) is 37.6 Å². The topological polar surface area (TPSA) is 111 Å². The Morgan fingerprint density at radius 3 is 2.61 bits per heavy atom. The second-order valence-electron chi connectivity index (χ2n) is 3.78. The van der Waals surface area contributed by atoms with Crippen molar-refractivity contribution in [2.45, 2.75) is 18.7 Å². The Morgan fingerprint density at radius 1 is 1.33 bits per heavy atom. The van der Waals surface area contributed by atoms with Crippen molar-refractivity contribution >= 4 is 21.7 Å². The fraction of sp³-hybridized carbons (Fsp3) is 0.200. The Kier molecular flexibility index (Phi) is 2.95. The number of benzene rings is 1. The maximum absolute atomic E-state index is 12.1. The van der Waals surface area contributed by atoms with Gasteiger partial charge >= 0.3 is 6.01 Å². The SMILES string of the molecule is Cc1noc(NS(=O)(=O)c2ccc(N)cc2C)n1. The average Bonchev–Trinajstić information content (AvgIpc) is 2.62. The number of rotatable bonds is 3. The molecule has 0 aliphatic carbocycles. The van der Waals surface area contributed by atoms with Crippen molar-refractivity contribution in [3.8, 4) is 0 Å². The van der Waals surface area contributed by atoms with Crippen LogP contribution in [-0.2, 0) is 10.0 Å². The summed E-state index contributed by atoms with van der Waals surface area (Å²) < 4.78 is 31.0. The summed E-state index contributed by atoms with van der Waals surface area (Å²) in [5.74, 6) is 0.349. The van der Waals surface area contributed by atoms with E-state index in [1.807, 2.05) is 0 Å². The van der Waals surface area contributed by atoms with E-state index in [2.05, 4.69) is 14.9 Å². The molecule has 0 atom stereocenters. The van der Waals surface area contributed by atoms with Crippen molar-refractivity contribution in [2.75, 3.05) is 10.5 Å². The van der Waals surface area contributed by atoms with Gasteiger partial charge in [0.15, 0.2) is 5.82 Å². The van der Waals surface area contributed by atoms with Crippen molar-refractivity contribution in [3.63, 3.8) is 0 Å². The van der Waals surface area contributed by atoms with Gasteiger partial charge in [0.1, 0.15) is 0 Å². The molecule has 0 radical (unpaired) electrons. The Bertz CT molecular complexity index is 678. The standard InChI is InChI=1S/C10H12N4O3S/c1-6-5-8(11)3-4-9(6)18(15,16)14-10-12-7(2)13-17-10/h3-5H,11H2,1-2H3,(H,12,13,14). The van der Waals surface area contributed by atoms with Gasteiger partial charge in [-0.25, -0.2) is 13.1 Å². The number of nitrogens with two attached hydrogens (primary N) is 1. The van der Waals surface area contributed by atoms with Gasteiger partial charge in [0, 0.05) is 5.69 Å². The highest BCUT2D eigenvalue weighted by atomic mass is 32.2. The summed E-state index contributed by atoms with van der Waals surface area (Å²) in [5.41, 5.74) is 6.61. The van der Waals surface area contributed by atoms with E-state index in [0.717, 1.165) is 0 Å². The minimum atomic E-state index is -3.75. The smallest absolute Gasteiger partial charge is 0.335 e. The zero-order chi connectivity index (χ0) is 13.3. The molecule has 2 rings (SSSR count). The lowest BCUT2D eigenvalue weighted by Crippen LogP contribution is -2.14. The van der Waals surface area contributed by atoms with Crippen LogP contribution in [0.2, 0.25) is 0 Å². The first kappa shape index (κ1) is 12.4. The van der Waals surface area contributed by atoms with Gasteiger partial charge in [0.2, 0.25) is 0 Å². The van der Waals surface area contributed by atoms with Crippen LogP contribution < -0.4 is 10.5 Å². The van der Waals surface area contributed by atoms with Crippen LogP contribution in [0, 0.1) is 13.8 Å². The van der Waals surface area contributed by atoms with Gasteiger partial charge in [-0.3, -0.25) is 0 Å². The highest BCUT2D eigenvalue weighted by molar-refractivity contribution is 7.92. The van der Waals surface area contributed by atoms with Crippen molar-refractivity contribution in [1.82, 2.24) is 10.1 Å². The number of nitrogens with one attached hydrogen (secondary N) is 1. The molecule has 1 aromatic carbocycles. The molecule has 0 aliphatic heterocycles. The summed E-state index contributed by atoms with van der Waals surface area (Å²) in [6, 6.07) is 4.36. The van der Waals surface area contributed by atoms with Crippen LogP contribution in [0.4, 0.5) is 11.7 Å². The number of nitrogens with zero attached hydrogens (tertiary/aromatic N) is 2. The van der Waals surface area contributed by atoms with E-state index in [9.17, 15) is 8.42 Å². The quantitative estimate of drug-likeness (QED) is 0.805. The highest BCUT2D eigenvalue weighted by Gasteiger charge is 2.19. The highest BCUT2D eigenvalue weighted by Crippen LogP contribution is 2.20. The molecule has 0 aliphatic rings. The van der Waals surface area contributed by atoms with Gasteiger partial charge < -0.3 is 10.3 Å². The number of anilines is 2. The minimum absolute atomic E-state index is 0.118. The molecule has 0 unspecified atom stereocenters. The summed E-state index contributed by atoms with van der Waals surface area (Å²) in [6.45, 7) is 3.25. The first-order valence-corrected chi connectivity index (χ1v) is 6.56. The van der Waals surface area contributed by atoms with E-state index in [0.29, 0.717) is 17.1 Å². The number of nitrogen functional groups attached to an aromatic ring is 1. The van der Waals surface area contributed by atoms with Crippen LogP contribution in [-0.4, -0.2) is 18.6 Å². The molecule has 0 saturated carbocycles. The molecule has 7 nitrogen and oxygen atoms in total. The Labute approximate surface area is 104 Å². The first-order chi connectivity index (χ1) is 8.38. The Hall–Kier alpha value is -2.09. The monoisotopic (exact) mass is 268 g/mol. The first-order valence-electron chi connectivity index (χ1n) is 5.08. The van der Waals surface area contributed by atoms with Crippen LogP contribution in [0.25, 0.3) is 0 Å². The Morgan fingerprint density at radius 2 is 2.06 bits per heavy atom. The number of aryl methyl sites for hydroxylation is 2.